The average Bonchev–Trinajstić information content (AvgIpc) is 1.67. The summed E-state index contributed by atoms with van der Waals surface area (Å²) in [5.74, 6) is -0.527. The Morgan fingerprint density at radius 3 is 0.723 bits per heavy atom. The Balaban J connectivity index is 5.20. The van der Waals surface area contributed by atoms with Gasteiger partial charge in [-0.1, -0.05) is 337 Å². The number of esters is 4. The maximum atomic E-state index is 13.1. The van der Waals surface area contributed by atoms with Gasteiger partial charge in [0.05, 0.1) is 26.4 Å². The quantitative estimate of drug-likeness (QED) is 0.0222. The number of aliphatic hydroxyl groups excluding tert-OH is 1. The summed E-state index contributed by atoms with van der Waals surface area (Å²) in [7, 11) is -9.90. The molecule has 0 radical (unpaired) electrons. The van der Waals surface area contributed by atoms with Crippen LogP contribution in [0.25, 0.3) is 0 Å². The zero-order chi connectivity index (χ0) is 69.3. The van der Waals surface area contributed by atoms with Gasteiger partial charge in [0.15, 0.2) is 12.2 Å². The van der Waals surface area contributed by atoms with Crippen LogP contribution < -0.4 is 0 Å². The molecular weight excluding hydrogens is 1230 g/mol. The van der Waals surface area contributed by atoms with Crippen LogP contribution in [0.5, 0.6) is 0 Å². The lowest BCUT2D eigenvalue weighted by Gasteiger charge is -2.21. The van der Waals surface area contributed by atoms with Crippen molar-refractivity contribution in [1.29, 1.82) is 0 Å². The Kier molecular flexibility index (Phi) is 65.5. The Morgan fingerprint density at radius 1 is 0.287 bits per heavy atom. The van der Waals surface area contributed by atoms with E-state index in [9.17, 15) is 43.2 Å². The number of phosphoric acid groups is 2. The lowest BCUT2D eigenvalue weighted by atomic mass is 10.0. The van der Waals surface area contributed by atoms with E-state index in [0.29, 0.717) is 25.7 Å². The topological polar surface area (TPSA) is 237 Å². The van der Waals surface area contributed by atoms with Crippen LogP contribution in [0.4, 0.5) is 0 Å². The molecule has 0 aliphatic heterocycles. The maximum absolute atomic E-state index is 13.1. The summed E-state index contributed by atoms with van der Waals surface area (Å²) in [5, 5.41) is 10.6. The molecule has 0 spiro atoms. The summed E-state index contributed by atoms with van der Waals surface area (Å²) in [5.41, 5.74) is 0. The zero-order valence-corrected chi connectivity index (χ0v) is 63.1. The predicted molar refractivity (Wildman–Crippen MR) is 381 cm³/mol. The molecule has 0 aromatic carbocycles. The van der Waals surface area contributed by atoms with Gasteiger partial charge in [-0.2, -0.15) is 0 Å². The van der Waals surface area contributed by atoms with E-state index in [1.807, 2.05) is 0 Å². The first-order valence-corrected chi connectivity index (χ1v) is 42.0. The van der Waals surface area contributed by atoms with Crippen molar-refractivity contribution in [3.05, 3.63) is 0 Å². The molecule has 558 valence electrons. The summed E-state index contributed by atoms with van der Waals surface area (Å²) in [6.07, 6.45) is 54.1. The summed E-state index contributed by atoms with van der Waals surface area (Å²) >= 11 is 0. The Bertz CT molecular complexity index is 1820. The first kappa shape index (κ1) is 92.1. The first-order valence-electron chi connectivity index (χ1n) is 39.0. The summed E-state index contributed by atoms with van der Waals surface area (Å²) < 4.78 is 68.4. The SMILES string of the molecule is CCCCCCCCCCCCCCC(=O)O[C@H](COC(=O)CCCCCCCCCC)COP(=O)(O)OC[C@H](O)COP(=O)(O)OC[C@@H](COC(=O)CCCCCCCCCCCCCCC(C)C)OC(=O)CCCCCCCCCCCCCCCCCCC(C)C. The van der Waals surface area contributed by atoms with Crippen molar-refractivity contribution in [2.75, 3.05) is 39.6 Å². The van der Waals surface area contributed by atoms with Crippen molar-refractivity contribution >= 4 is 39.5 Å². The largest absolute Gasteiger partial charge is 0.472 e. The van der Waals surface area contributed by atoms with Gasteiger partial charge in [-0.05, 0) is 37.5 Å². The standard InChI is InChI=1S/C75H146O17P2/c1-7-9-11-13-15-17-18-29-35-41-47-53-59-74(79)91-70(63-85-72(77)57-51-45-39-16-14-12-10-8-2)65-89-93(81,82)87-61-69(76)62-88-94(83,84)90-66-71(64-86-73(78)58-52-46-40-34-30-26-25-28-33-38-44-50-56-68(5)6)92-75(80)60-54-48-42-36-31-24-22-20-19-21-23-27-32-37-43-49-55-67(3)4/h67-71,76H,7-66H2,1-6H3,(H,81,82)(H,83,84)/t69-,70+,71+/m0/s1. The minimum Gasteiger partial charge on any atom is -0.462 e. The highest BCUT2D eigenvalue weighted by atomic mass is 31.2. The molecule has 0 bridgehead atoms. The normalized spacial score (nSPS) is 14.0. The third-order valence-corrected chi connectivity index (χ3v) is 19.4. The summed E-state index contributed by atoms with van der Waals surface area (Å²) in [4.78, 5) is 72.7. The number of rotatable bonds is 74. The van der Waals surface area contributed by atoms with Crippen molar-refractivity contribution in [2.24, 2.45) is 11.8 Å². The number of aliphatic hydroxyl groups is 1. The number of carbonyl (C=O) groups is 4. The molecule has 17 nitrogen and oxygen atoms in total. The fourth-order valence-corrected chi connectivity index (χ4v) is 13.1. The lowest BCUT2D eigenvalue weighted by Crippen LogP contribution is -2.30. The van der Waals surface area contributed by atoms with E-state index in [4.69, 9.17) is 37.0 Å². The molecule has 0 aliphatic carbocycles. The van der Waals surface area contributed by atoms with Gasteiger partial charge in [-0.15, -0.1) is 0 Å². The molecule has 3 N–H and O–H groups in total. The molecule has 0 aromatic heterocycles. The van der Waals surface area contributed by atoms with Gasteiger partial charge in [0.25, 0.3) is 0 Å². The molecular formula is C75H146O17P2. The fraction of sp³-hybridized carbons (Fsp3) is 0.947. The maximum Gasteiger partial charge on any atom is 0.472 e. The van der Waals surface area contributed by atoms with Gasteiger partial charge in [-0.3, -0.25) is 37.3 Å². The van der Waals surface area contributed by atoms with Gasteiger partial charge in [0.1, 0.15) is 19.3 Å². The van der Waals surface area contributed by atoms with E-state index < -0.39 is 97.5 Å². The molecule has 0 aromatic rings. The second-order valence-electron chi connectivity index (χ2n) is 28.0. The van der Waals surface area contributed by atoms with Gasteiger partial charge < -0.3 is 33.8 Å². The predicted octanol–water partition coefficient (Wildman–Crippen LogP) is 21.9. The van der Waals surface area contributed by atoms with Crippen LogP contribution in [0.3, 0.4) is 0 Å². The van der Waals surface area contributed by atoms with Gasteiger partial charge in [0.2, 0.25) is 0 Å². The van der Waals surface area contributed by atoms with E-state index in [2.05, 4.69) is 41.5 Å². The third-order valence-electron chi connectivity index (χ3n) is 17.5. The number of ether oxygens (including phenoxy) is 4. The number of unbranched alkanes of at least 4 members (excludes halogenated alkanes) is 44. The monoisotopic (exact) mass is 1380 g/mol. The van der Waals surface area contributed by atoms with Crippen LogP contribution in [-0.4, -0.2) is 96.7 Å². The minimum absolute atomic E-state index is 0.107. The molecule has 0 aliphatic rings. The smallest absolute Gasteiger partial charge is 0.462 e. The second-order valence-corrected chi connectivity index (χ2v) is 30.9. The molecule has 5 atom stereocenters. The number of carbonyl (C=O) groups excluding carboxylic acids is 4. The highest BCUT2D eigenvalue weighted by molar-refractivity contribution is 7.47. The van der Waals surface area contributed by atoms with Gasteiger partial charge >= 0.3 is 39.5 Å². The molecule has 19 heteroatoms. The van der Waals surface area contributed by atoms with Crippen LogP contribution in [0.15, 0.2) is 0 Å². The van der Waals surface area contributed by atoms with E-state index in [-0.39, 0.29) is 25.7 Å². The van der Waals surface area contributed by atoms with Crippen LogP contribution in [0, 0.1) is 11.8 Å². The van der Waals surface area contributed by atoms with Crippen LogP contribution in [0.1, 0.15) is 388 Å². The van der Waals surface area contributed by atoms with Crippen LogP contribution in [-0.2, 0) is 65.4 Å². The van der Waals surface area contributed by atoms with Crippen molar-refractivity contribution in [2.45, 2.75) is 407 Å². The van der Waals surface area contributed by atoms with Crippen LogP contribution in [0.2, 0.25) is 0 Å². The van der Waals surface area contributed by atoms with Crippen molar-refractivity contribution in [3.8, 4) is 0 Å². The Morgan fingerprint density at radius 2 is 0.489 bits per heavy atom. The molecule has 0 amide bonds. The highest BCUT2D eigenvalue weighted by Gasteiger charge is 2.30. The van der Waals surface area contributed by atoms with E-state index >= 15 is 0 Å². The molecule has 0 saturated carbocycles. The molecule has 94 heavy (non-hydrogen) atoms. The Labute approximate surface area is 575 Å². The van der Waals surface area contributed by atoms with Crippen molar-refractivity contribution in [3.63, 3.8) is 0 Å². The van der Waals surface area contributed by atoms with Gasteiger partial charge in [0, 0.05) is 25.7 Å². The fourth-order valence-electron chi connectivity index (χ4n) is 11.5. The molecule has 0 fully saturated rings. The summed E-state index contributed by atoms with van der Waals surface area (Å²) in [6.45, 7) is 9.61. The first-order chi connectivity index (χ1) is 45.4. The highest BCUT2D eigenvalue weighted by Crippen LogP contribution is 2.45. The number of hydrogen-bond acceptors (Lipinski definition) is 15. The molecule has 0 saturated heterocycles. The lowest BCUT2D eigenvalue weighted by molar-refractivity contribution is -0.161. The van der Waals surface area contributed by atoms with E-state index in [0.717, 1.165) is 108 Å². The summed E-state index contributed by atoms with van der Waals surface area (Å²) in [6, 6.07) is 0. The minimum atomic E-state index is -4.96. The van der Waals surface area contributed by atoms with E-state index in [1.54, 1.807) is 0 Å². The van der Waals surface area contributed by atoms with Crippen molar-refractivity contribution < 1.29 is 80.2 Å². The molecule has 2 unspecified atom stereocenters. The molecule has 0 rings (SSSR count). The zero-order valence-electron chi connectivity index (χ0n) is 61.3. The number of hydrogen-bond donors (Lipinski definition) is 3. The third kappa shape index (κ3) is 68.6. The van der Waals surface area contributed by atoms with E-state index in [1.165, 1.54) is 199 Å². The molecule has 0 heterocycles. The second kappa shape index (κ2) is 66.9. The number of phosphoric ester groups is 2. The van der Waals surface area contributed by atoms with Crippen molar-refractivity contribution in [1.82, 2.24) is 0 Å². The van der Waals surface area contributed by atoms with Crippen LogP contribution >= 0.6 is 15.6 Å². The Hall–Kier alpha value is -1.94. The van der Waals surface area contributed by atoms with Gasteiger partial charge in [-0.25, -0.2) is 9.13 Å². The average molecular weight is 1380 g/mol.